The first-order chi connectivity index (χ1) is 13.6. The number of sulfonamides is 1. The first-order valence-electron chi connectivity index (χ1n) is 8.36. The maximum absolute atomic E-state index is 12.7. The molecule has 152 valence electrons. The zero-order valence-corrected chi connectivity index (χ0v) is 18.9. The number of amides is 1. The van der Waals surface area contributed by atoms with Crippen molar-refractivity contribution in [3.8, 4) is 11.3 Å². The largest absolute Gasteiger partial charge is 0.298 e. The fraction of sp³-hybridized carbons (Fsp3) is 0.158. The van der Waals surface area contributed by atoms with E-state index in [1.165, 1.54) is 43.6 Å². The standard InChI is InChI=1S/C19H17Cl2N3O3S2/c1-11-17(12-4-6-13(20)7-5-12)22-19(28-11)23-18(25)15-10-14(8-9-16(15)21)29(26,27)24(2)3/h4-10H,1-3H3,(H,22,23,25). The van der Waals surface area contributed by atoms with Crippen LogP contribution in [0.15, 0.2) is 47.4 Å². The molecule has 0 aliphatic rings. The number of benzene rings is 2. The summed E-state index contributed by atoms with van der Waals surface area (Å²) in [5.41, 5.74) is 1.66. The van der Waals surface area contributed by atoms with Crippen molar-refractivity contribution in [3.05, 3.63) is 63.0 Å². The molecule has 0 atom stereocenters. The van der Waals surface area contributed by atoms with Crippen LogP contribution < -0.4 is 5.32 Å². The summed E-state index contributed by atoms with van der Waals surface area (Å²) in [6, 6.07) is 11.2. The Bertz CT molecular complexity index is 1170. The SMILES string of the molecule is Cc1sc(NC(=O)c2cc(S(=O)(=O)N(C)C)ccc2Cl)nc1-c1ccc(Cl)cc1. The van der Waals surface area contributed by atoms with Crippen molar-refractivity contribution in [2.45, 2.75) is 11.8 Å². The average Bonchev–Trinajstić information content (AvgIpc) is 3.02. The fourth-order valence-electron chi connectivity index (χ4n) is 2.54. The van der Waals surface area contributed by atoms with Gasteiger partial charge in [-0.15, -0.1) is 11.3 Å². The van der Waals surface area contributed by atoms with E-state index in [0.717, 1.165) is 20.4 Å². The quantitative estimate of drug-likeness (QED) is 0.574. The topological polar surface area (TPSA) is 79.4 Å². The van der Waals surface area contributed by atoms with Gasteiger partial charge in [0, 0.05) is 29.6 Å². The first-order valence-corrected chi connectivity index (χ1v) is 11.4. The number of thiazole rings is 1. The third kappa shape index (κ3) is 4.62. The van der Waals surface area contributed by atoms with Gasteiger partial charge in [-0.2, -0.15) is 0 Å². The van der Waals surface area contributed by atoms with Gasteiger partial charge in [0.15, 0.2) is 5.13 Å². The number of nitrogens with one attached hydrogen (secondary N) is 1. The number of anilines is 1. The van der Waals surface area contributed by atoms with Crippen molar-refractivity contribution < 1.29 is 13.2 Å². The molecule has 0 bridgehead atoms. The third-order valence-electron chi connectivity index (χ3n) is 4.10. The van der Waals surface area contributed by atoms with Gasteiger partial charge in [0.25, 0.3) is 5.91 Å². The Labute approximate surface area is 183 Å². The zero-order valence-electron chi connectivity index (χ0n) is 15.7. The van der Waals surface area contributed by atoms with Gasteiger partial charge in [-0.05, 0) is 37.3 Å². The van der Waals surface area contributed by atoms with Crippen LogP contribution in [0, 0.1) is 6.92 Å². The van der Waals surface area contributed by atoms with E-state index in [-0.39, 0.29) is 15.5 Å². The monoisotopic (exact) mass is 469 g/mol. The molecule has 2 aromatic carbocycles. The van der Waals surface area contributed by atoms with Gasteiger partial charge in [-0.25, -0.2) is 17.7 Å². The van der Waals surface area contributed by atoms with Crippen molar-refractivity contribution in [2.24, 2.45) is 0 Å². The van der Waals surface area contributed by atoms with Gasteiger partial charge in [-0.1, -0.05) is 35.3 Å². The lowest BCUT2D eigenvalue weighted by Gasteiger charge is -2.13. The minimum Gasteiger partial charge on any atom is -0.298 e. The highest BCUT2D eigenvalue weighted by molar-refractivity contribution is 7.89. The van der Waals surface area contributed by atoms with E-state index in [4.69, 9.17) is 23.2 Å². The maximum Gasteiger partial charge on any atom is 0.259 e. The number of aromatic nitrogens is 1. The average molecular weight is 470 g/mol. The Morgan fingerprint density at radius 3 is 2.38 bits per heavy atom. The number of carbonyl (C=O) groups excluding carboxylic acids is 1. The van der Waals surface area contributed by atoms with Crippen molar-refractivity contribution in [2.75, 3.05) is 19.4 Å². The number of halogens is 2. The van der Waals surface area contributed by atoms with Crippen LogP contribution in [0.4, 0.5) is 5.13 Å². The normalized spacial score (nSPS) is 11.7. The molecule has 1 heterocycles. The molecule has 6 nitrogen and oxygen atoms in total. The van der Waals surface area contributed by atoms with Crippen LogP contribution in [-0.4, -0.2) is 37.7 Å². The summed E-state index contributed by atoms with van der Waals surface area (Å²) in [7, 11) is -0.860. The molecule has 10 heteroatoms. The highest BCUT2D eigenvalue weighted by atomic mass is 35.5. The summed E-state index contributed by atoms with van der Waals surface area (Å²) < 4.78 is 25.7. The van der Waals surface area contributed by atoms with Crippen molar-refractivity contribution in [3.63, 3.8) is 0 Å². The molecule has 0 radical (unpaired) electrons. The summed E-state index contributed by atoms with van der Waals surface area (Å²) in [5, 5.41) is 3.85. The molecule has 0 unspecified atom stereocenters. The van der Waals surface area contributed by atoms with Crippen molar-refractivity contribution >= 4 is 55.6 Å². The number of aryl methyl sites for hydroxylation is 1. The molecule has 0 saturated carbocycles. The number of nitrogens with zero attached hydrogens (tertiary/aromatic N) is 2. The summed E-state index contributed by atoms with van der Waals surface area (Å²) in [5.74, 6) is -0.540. The third-order valence-corrected chi connectivity index (χ3v) is 7.37. The van der Waals surface area contributed by atoms with Gasteiger partial charge in [0.05, 0.1) is 21.2 Å². The molecule has 3 rings (SSSR count). The van der Waals surface area contributed by atoms with Crippen molar-refractivity contribution in [1.82, 2.24) is 9.29 Å². The van der Waals surface area contributed by atoms with Crippen LogP contribution in [0.3, 0.4) is 0 Å². The lowest BCUT2D eigenvalue weighted by Crippen LogP contribution is -2.23. The molecule has 0 fully saturated rings. The minimum atomic E-state index is -3.69. The summed E-state index contributed by atoms with van der Waals surface area (Å²) in [6.45, 7) is 1.90. The fourth-order valence-corrected chi connectivity index (χ4v) is 4.63. The van der Waals surface area contributed by atoms with Gasteiger partial charge in [0.1, 0.15) is 0 Å². The highest BCUT2D eigenvalue weighted by Gasteiger charge is 2.21. The molecule has 1 aromatic heterocycles. The Balaban J connectivity index is 1.90. The summed E-state index contributed by atoms with van der Waals surface area (Å²) in [4.78, 5) is 18.1. The molecular weight excluding hydrogens is 453 g/mol. The van der Waals surface area contributed by atoms with Crippen LogP contribution in [0.1, 0.15) is 15.2 Å². The second kappa shape index (κ2) is 8.41. The number of hydrogen-bond donors (Lipinski definition) is 1. The lowest BCUT2D eigenvalue weighted by molar-refractivity contribution is 0.102. The van der Waals surface area contributed by atoms with E-state index in [1.807, 2.05) is 19.1 Å². The molecule has 1 amide bonds. The van der Waals surface area contributed by atoms with E-state index >= 15 is 0 Å². The van der Waals surface area contributed by atoms with Crippen LogP contribution in [0.5, 0.6) is 0 Å². The molecule has 0 aliphatic carbocycles. The van der Waals surface area contributed by atoms with Crippen LogP contribution >= 0.6 is 34.5 Å². The number of rotatable bonds is 5. The second-order valence-electron chi connectivity index (χ2n) is 6.31. The van der Waals surface area contributed by atoms with E-state index in [2.05, 4.69) is 10.3 Å². The van der Waals surface area contributed by atoms with Crippen LogP contribution in [0.25, 0.3) is 11.3 Å². The van der Waals surface area contributed by atoms with E-state index in [9.17, 15) is 13.2 Å². The van der Waals surface area contributed by atoms with Gasteiger partial charge in [0.2, 0.25) is 10.0 Å². The molecule has 3 aromatic rings. The number of carbonyl (C=O) groups is 1. The predicted octanol–water partition coefficient (Wildman–Crippen LogP) is 4.93. The molecule has 0 saturated heterocycles. The van der Waals surface area contributed by atoms with Crippen LogP contribution in [0.2, 0.25) is 10.0 Å². The molecule has 1 N–H and O–H groups in total. The lowest BCUT2D eigenvalue weighted by atomic mass is 10.1. The van der Waals surface area contributed by atoms with Crippen LogP contribution in [-0.2, 0) is 10.0 Å². The van der Waals surface area contributed by atoms with E-state index < -0.39 is 15.9 Å². The Kier molecular flexibility index (Phi) is 6.30. The van der Waals surface area contributed by atoms with E-state index in [1.54, 1.807) is 12.1 Å². The highest BCUT2D eigenvalue weighted by Crippen LogP contribution is 2.32. The number of hydrogen-bond acceptors (Lipinski definition) is 5. The minimum absolute atomic E-state index is 0.0192. The molecule has 0 aliphatic heterocycles. The predicted molar refractivity (Wildman–Crippen MR) is 118 cm³/mol. The Hall–Kier alpha value is -1.97. The first kappa shape index (κ1) is 21.7. The summed E-state index contributed by atoms with van der Waals surface area (Å²) in [6.07, 6.45) is 0. The zero-order chi connectivity index (χ0) is 21.3. The Morgan fingerprint density at radius 2 is 1.76 bits per heavy atom. The Morgan fingerprint density at radius 1 is 1.10 bits per heavy atom. The molecule has 29 heavy (non-hydrogen) atoms. The smallest absolute Gasteiger partial charge is 0.259 e. The van der Waals surface area contributed by atoms with Gasteiger partial charge in [-0.3, -0.25) is 10.1 Å². The summed E-state index contributed by atoms with van der Waals surface area (Å²) >= 11 is 13.4. The second-order valence-corrected chi connectivity index (χ2v) is 10.5. The van der Waals surface area contributed by atoms with Gasteiger partial charge < -0.3 is 0 Å². The maximum atomic E-state index is 12.7. The van der Waals surface area contributed by atoms with E-state index in [0.29, 0.717) is 10.2 Å². The van der Waals surface area contributed by atoms with Gasteiger partial charge >= 0.3 is 0 Å². The van der Waals surface area contributed by atoms with Crippen molar-refractivity contribution in [1.29, 1.82) is 0 Å². The molecule has 0 spiro atoms. The molecular formula is C19H17Cl2N3O3S2.